The number of methoxy groups -OCH3 is 1. The second-order valence-corrected chi connectivity index (χ2v) is 8.42. The topological polar surface area (TPSA) is 114 Å². The molecular formula is C24H28N2O6. The van der Waals surface area contributed by atoms with Gasteiger partial charge in [0.05, 0.1) is 6.61 Å². The van der Waals surface area contributed by atoms with Crippen molar-refractivity contribution in [2.24, 2.45) is 0 Å². The van der Waals surface area contributed by atoms with Crippen LogP contribution in [0.2, 0.25) is 0 Å². The molecule has 0 fully saturated rings. The van der Waals surface area contributed by atoms with E-state index in [9.17, 15) is 14.4 Å². The van der Waals surface area contributed by atoms with Crippen LogP contribution in [-0.2, 0) is 19.1 Å². The molecule has 0 radical (unpaired) electrons. The van der Waals surface area contributed by atoms with E-state index in [1.807, 2.05) is 36.4 Å². The molecule has 170 valence electrons. The number of aliphatic carboxylic acids is 1. The number of carbonyl (C=O) groups is 3. The van der Waals surface area contributed by atoms with Crippen molar-refractivity contribution in [1.29, 1.82) is 0 Å². The first-order valence-corrected chi connectivity index (χ1v) is 10.4. The van der Waals surface area contributed by atoms with Crippen LogP contribution in [0.4, 0.5) is 4.79 Å². The molecule has 3 N–H and O–H groups in total. The summed E-state index contributed by atoms with van der Waals surface area (Å²) in [5, 5.41) is 14.2. The predicted octanol–water partition coefficient (Wildman–Crippen LogP) is 2.91. The number of fused-ring (bicyclic) bond motifs is 3. The molecule has 1 atom stereocenters. The molecule has 8 heteroatoms. The lowest BCUT2D eigenvalue weighted by Crippen LogP contribution is -2.50. The van der Waals surface area contributed by atoms with Crippen molar-refractivity contribution in [2.45, 2.75) is 37.8 Å². The minimum absolute atomic E-state index is 0.0649. The fraction of sp³-hybridized carbons (Fsp3) is 0.375. The van der Waals surface area contributed by atoms with Gasteiger partial charge in [-0.2, -0.15) is 0 Å². The Morgan fingerprint density at radius 3 is 2.12 bits per heavy atom. The summed E-state index contributed by atoms with van der Waals surface area (Å²) in [7, 11) is 1.35. The van der Waals surface area contributed by atoms with Crippen LogP contribution in [0.3, 0.4) is 0 Å². The quantitative estimate of drug-likeness (QED) is 0.553. The second-order valence-electron chi connectivity index (χ2n) is 8.42. The van der Waals surface area contributed by atoms with Crippen LogP contribution in [0, 0.1) is 0 Å². The summed E-state index contributed by atoms with van der Waals surface area (Å²) in [5.74, 6) is -1.77. The van der Waals surface area contributed by atoms with Gasteiger partial charge < -0.3 is 25.2 Å². The van der Waals surface area contributed by atoms with Crippen LogP contribution in [0.5, 0.6) is 0 Å². The van der Waals surface area contributed by atoms with Gasteiger partial charge in [-0.15, -0.1) is 0 Å². The lowest BCUT2D eigenvalue weighted by atomic mass is 9.98. The van der Waals surface area contributed by atoms with Crippen molar-refractivity contribution in [3.8, 4) is 11.1 Å². The van der Waals surface area contributed by atoms with E-state index in [-0.39, 0.29) is 25.6 Å². The van der Waals surface area contributed by atoms with E-state index < -0.39 is 29.6 Å². The number of carboxylic acid groups (broad SMARTS) is 1. The van der Waals surface area contributed by atoms with Gasteiger partial charge in [0.2, 0.25) is 5.91 Å². The Balaban J connectivity index is 1.57. The third kappa shape index (κ3) is 5.45. The standard InChI is InChI=1S/C24H28N2O6/c1-24(2,12-21(27)25-20(14-31-3)22(28)29)26-23(30)32-13-19-17-10-6-4-8-15(17)16-9-5-7-11-18(16)19/h4-11,19-20H,12-14H2,1-3H3,(H,25,27)(H,26,30)(H,28,29)/t20-/m0/s1. The van der Waals surface area contributed by atoms with Crippen molar-refractivity contribution in [3.05, 3.63) is 59.7 Å². The Kier molecular flexibility index (Phi) is 7.15. The summed E-state index contributed by atoms with van der Waals surface area (Å²) in [6.45, 7) is 3.35. The third-order valence-electron chi connectivity index (χ3n) is 5.35. The Hall–Kier alpha value is -3.39. The van der Waals surface area contributed by atoms with E-state index in [1.54, 1.807) is 13.8 Å². The van der Waals surface area contributed by atoms with E-state index >= 15 is 0 Å². The van der Waals surface area contributed by atoms with Gasteiger partial charge in [0.1, 0.15) is 6.61 Å². The Labute approximate surface area is 186 Å². The van der Waals surface area contributed by atoms with Crippen molar-refractivity contribution >= 4 is 18.0 Å². The van der Waals surface area contributed by atoms with Gasteiger partial charge in [-0.3, -0.25) is 4.79 Å². The molecule has 1 aliphatic carbocycles. The van der Waals surface area contributed by atoms with Gasteiger partial charge in [-0.1, -0.05) is 48.5 Å². The molecule has 0 saturated carbocycles. The molecule has 0 unspecified atom stereocenters. The molecular weight excluding hydrogens is 412 g/mol. The zero-order valence-corrected chi connectivity index (χ0v) is 18.4. The maximum Gasteiger partial charge on any atom is 0.407 e. The lowest BCUT2D eigenvalue weighted by Gasteiger charge is -2.26. The Morgan fingerprint density at radius 1 is 1.03 bits per heavy atom. The number of rotatable bonds is 9. The average Bonchev–Trinajstić information content (AvgIpc) is 3.05. The summed E-state index contributed by atoms with van der Waals surface area (Å²) < 4.78 is 10.3. The summed E-state index contributed by atoms with van der Waals surface area (Å²) in [5.41, 5.74) is 3.55. The number of alkyl carbamates (subject to hydrolysis) is 1. The van der Waals surface area contributed by atoms with Crippen molar-refractivity contribution in [2.75, 3.05) is 20.3 Å². The van der Waals surface area contributed by atoms with Gasteiger partial charge in [0.25, 0.3) is 0 Å². The van der Waals surface area contributed by atoms with Crippen LogP contribution in [0.1, 0.15) is 37.3 Å². The number of carboxylic acids is 1. The van der Waals surface area contributed by atoms with Gasteiger partial charge >= 0.3 is 12.1 Å². The zero-order valence-electron chi connectivity index (χ0n) is 18.4. The minimum atomic E-state index is -1.19. The summed E-state index contributed by atoms with van der Waals surface area (Å²) in [4.78, 5) is 35.9. The average molecular weight is 440 g/mol. The third-order valence-corrected chi connectivity index (χ3v) is 5.35. The minimum Gasteiger partial charge on any atom is -0.480 e. The van der Waals surface area contributed by atoms with E-state index in [4.69, 9.17) is 14.6 Å². The fourth-order valence-electron chi connectivity index (χ4n) is 3.94. The first-order valence-electron chi connectivity index (χ1n) is 10.4. The highest BCUT2D eigenvalue weighted by molar-refractivity contribution is 5.84. The van der Waals surface area contributed by atoms with Gasteiger partial charge in [-0.25, -0.2) is 9.59 Å². The first kappa shape index (κ1) is 23.3. The van der Waals surface area contributed by atoms with Gasteiger partial charge in [0.15, 0.2) is 6.04 Å². The number of carbonyl (C=O) groups excluding carboxylic acids is 2. The molecule has 0 spiro atoms. The van der Waals surface area contributed by atoms with Crippen LogP contribution in [-0.4, -0.2) is 55.0 Å². The largest absolute Gasteiger partial charge is 0.480 e. The highest BCUT2D eigenvalue weighted by Crippen LogP contribution is 2.44. The molecule has 0 aliphatic heterocycles. The first-order chi connectivity index (χ1) is 15.2. The molecule has 0 bridgehead atoms. The molecule has 3 rings (SSSR count). The number of benzene rings is 2. The van der Waals surface area contributed by atoms with Crippen LogP contribution in [0.25, 0.3) is 11.1 Å². The second kappa shape index (κ2) is 9.82. The van der Waals surface area contributed by atoms with E-state index in [2.05, 4.69) is 22.8 Å². The lowest BCUT2D eigenvalue weighted by molar-refractivity contribution is -0.143. The molecule has 2 amide bonds. The molecule has 8 nitrogen and oxygen atoms in total. The smallest absolute Gasteiger partial charge is 0.407 e. The van der Waals surface area contributed by atoms with E-state index in [1.165, 1.54) is 7.11 Å². The van der Waals surface area contributed by atoms with E-state index in [0.29, 0.717) is 0 Å². The maximum absolute atomic E-state index is 12.5. The SMILES string of the molecule is COC[C@H](NC(=O)CC(C)(C)NC(=O)OCC1c2ccccc2-c2ccccc21)C(=O)O. The number of amides is 2. The molecule has 32 heavy (non-hydrogen) atoms. The molecule has 2 aromatic rings. The molecule has 0 saturated heterocycles. The summed E-state index contributed by atoms with van der Waals surface area (Å²) in [6, 6.07) is 14.9. The zero-order chi connectivity index (χ0) is 23.3. The fourth-order valence-corrected chi connectivity index (χ4v) is 3.94. The van der Waals surface area contributed by atoms with Crippen molar-refractivity contribution in [1.82, 2.24) is 10.6 Å². The molecule has 0 aromatic heterocycles. The highest BCUT2D eigenvalue weighted by atomic mass is 16.5. The highest BCUT2D eigenvalue weighted by Gasteiger charge is 2.31. The summed E-state index contributed by atoms with van der Waals surface area (Å²) in [6.07, 6.45) is -0.763. The molecule has 2 aromatic carbocycles. The van der Waals surface area contributed by atoms with E-state index in [0.717, 1.165) is 22.3 Å². The Morgan fingerprint density at radius 2 is 1.59 bits per heavy atom. The number of hydrogen-bond acceptors (Lipinski definition) is 5. The number of ether oxygens (including phenoxy) is 2. The monoisotopic (exact) mass is 440 g/mol. The summed E-state index contributed by atoms with van der Waals surface area (Å²) >= 11 is 0. The van der Waals surface area contributed by atoms with Crippen LogP contribution in [0.15, 0.2) is 48.5 Å². The van der Waals surface area contributed by atoms with Crippen LogP contribution < -0.4 is 10.6 Å². The van der Waals surface area contributed by atoms with Gasteiger partial charge in [0, 0.05) is 25.0 Å². The molecule has 0 heterocycles. The van der Waals surface area contributed by atoms with Gasteiger partial charge in [-0.05, 0) is 36.1 Å². The molecule has 1 aliphatic rings. The van der Waals surface area contributed by atoms with Crippen molar-refractivity contribution < 1.29 is 29.0 Å². The normalized spacial score (nSPS) is 13.6. The van der Waals surface area contributed by atoms with Crippen LogP contribution >= 0.6 is 0 Å². The maximum atomic E-state index is 12.5. The Bertz CT molecular complexity index is 958. The number of nitrogens with one attached hydrogen (secondary N) is 2. The predicted molar refractivity (Wildman–Crippen MR) is 118 cm³/mol. The number of hydrogen-bond donors (Lipinski definition) is 3. The van der Waals surface area contributed by atoms with Crippen molar-refractivity contribution in [3.63, 3.8) is 0 Å².